The number of benzene rings is 2. The van der Waals surface area contributed by atoms with Gasteiger partial charge in [-0.05, 0) is 74.8 Å². The molecule has 2 aromatic rings. The summed E-state index contributed by atoms with van der Waals surface area (Å²) in [6.45, 7) is 5.03. The Balaban J connectivity index is 1.46. The van der Waals surface area contributed by atoms with Gasteiger partial charge in [-0.25, -0.2) is 8.78 Å². The summed E-state index contributed by atoms with van der Waals surface area (Å²) >= 11 is 0. The van der Waals surface area contributed by atoms with Crippen molar-refractivity contribution in [2.45, 2.75) is 64.1 Å². The fraction of sp³-hybridized carbons (Fsp3) is 0.500. The van der Waals surface area contributed by atoms with Crippen molar-refractivity contribution in [2.24, 2.45) is 5.92 Å². The van der Waals surface area contributed by atoms with Crippen LogP contribution < -0.4 is 20.7 Å². The third-order valence-corrected chi connectivity index (χ3v) is 7.10. The van der Waals surface area contributed by atoms with Crippen LogP contribution in [-0.4, -0.2) is 68.0 Å². The van der Waals surface area contributed by atoms with E-state index in [4.69, 9.17) is 4.74 Å². The number of halogens is 2. The van der Waals surface area contributed by atoms with Crippen LogP contribution in [0.3, 0.4) is 0 Å². The van der Waals surface area contributed by atoms with E-state index in [1.165, 1.54) is 24.3 Å². The lowest BCUT2D eigenvalue weighted by Gasteiger charge is -2.27. The predicted octanol–water partition coefficient (Wildman–Crippen LogP) is 2.98. The number of rotatable bonds is 17. The van der Waals surface area contributed by atoms with Gasteiger partial charge in [0.2, 0.25) is 18.2 Å². The van der Waals surface area contributed by atoms with Crippen LogP contribution in [0.25, 0.3) is 0 Å². The number of nitrogens with one attached hydrogen (secondary N) is 3. The zero-order chi connectivity index (χ0) is 29.1. The van der Waals surface area contributed by atoms with E-state index in [0.29, 0.717) is 44.0 Å². The van der Waals surface area contributed by atoms with Crippen molar-refractivity contribution >= 4 is 18.2 Å². The van der Waals surface area contributed by atoms with E-state index in [0.717, 1.165) is 24.0 Å². The van der Waals surface area contributed by atoms with Gasteiger partial charge in [-0.2, -0.15) is 0 Å². The van der Waals surface area contributed by atoms with Crippen molar-refractivity contribution in [3.8, 4) is 5.75 Å². The first kappa shape index (κ1) is 31.0. The second-order valence-corrected chi connectivity index (χ2v) is 10.5. The quantitative estimate of drug-likeness (QED) is 0.205. The lowest BCUT2D eigenvalue weighted by atomic mass is 10.0. The van der Waals surface area contributed by atoms with Crippen LogP contribution in [0.1, 0.15) is 44.2 Å². The first-order valence-electron chi connectivity index (χ1n) is 13.8. The van der Waals surface area contributed by atoms with Crippen LogP contribution >= 0.6 is 0 Å². The Labute approximate surface area is 234 Å². The molecule has 0 aromatic heterocycles. The number of hydrogen-bond donors (Lipinski definition) is 3. The molecule has 3 rings (SSSR count). The van der Waals surface area contributed by atoms with Crippen molar-refractivity contribution < 1.29 is 27.9 Å². The van der Waals surface area contributed by atoms with Crippen molar-refractivity contribution in [3.05, 3.63) is 65.2 Å². The van der Waals surface area contributed by atoms with Gasteiger partial charge in [0.1, 0.15) is 30.0 Å². The van der Waals surface area contributed by atoms with Crippen molar-refractivity contribution in [1.29, 1.82) is 0 Å². The predicted molar refractivity (Wildman–Crippen MR) is 149 cm³/mol. The maximum Gasteiger partial charge on any atom is 0.242 e. The van der Waals surface area contributed by atoms with Crippen molar-refractivity contribution in [1.82, 2.24) is 20.9 Å². The van der Waals surface area contributed by atoms with Crippen LogP contribution in [0.4, 0.5) is 8.78 Å². The van der Waals surface area contributed by atoms with E-state index < -0.39 is 11.9 Å². The molecule has 0 heterocycles. The van der Waals surface area contributed by atoms with E-state index in [2.05, 4.69) is 16.0 Å². The summed E-state index contributed by atoms with van der Waals surface area (Å²) in [4.78, 5) is 38.2. The summed E-state index contributed by atoms with van der Waals surface area (Å²) in [5.74, 6) is -0.284. The summed E-state index contributed by atoms with van der Waals surface area (Å²) in [6, 6.07) is 9.22. The normalized spacial score (nSPS) is 14.3. The fourth-order valence-corrected chi connectivity index (χ4v) is 4.38. The van der Waals surface area contributed by atoms with E-state index in [-0.39, 0.29) is 42.7 Å². The molecule has 8 nitrogen and oxygen atoms in total. The maximum atomic E-state index is 14.0. The van der Waals surface area contributed by atoms with E-state index in [1.54, 1.807) is 23.1 Å². The Morgan fingerprint density at radius 3 is 2.42 bits per heavy atom. The van der Waals surface area contributed by atoms with E-state index >= 15 is 0 Å². The summed E-state index contributed by atoms with van der Waals surface area (Å²) in [6.07, 6.45) is 3.86. The topological polar surface area (TPSA) is 99.8 Å². The number of carbonyl (C=O) groups is 3. The fourth-order valence-electron chi connectivity index (χ4n) is 4.38. The molecule has 0 spiro atoms. The number of ether oxygens (including phenoxy) is 1. The third-order valence-electron chi connectivity index (χ3n) is 7.10. The van der Waals surface area contributed by atoms with Gasteiger partial charge in [0.05, 0.1) is 6.04 Å². The van der Waals surface area contributed by atoms with Gasteiger partial charge >= 0.3 is 0 Å². The first-order chi connectivity index (χ1) is 19.2. The number of hydrogen-bond acceptors (Lipinski definition) is 5. The molecular weight excluding hydrogens is 518 g/mol. The van der Waals surface area contributed by atoms with Gasteiger partial charge in [-0.15, -0.1) is 0 Å². The van der Waals surface area contributed by atoms with Gasteiger partial charge in [0, 0.05) is 38.7 Å². The average Bonchev–Trinajstić information content (AvgIpc) is 3.77. The molecule has 0 unspecified atom stereocenters. The number of nitrogens with zero attached hydrogens (tertiary/aromatic N) is 1. The molecule has 1 fully saturated rings. The Kier molecular flexibility index (Phi) is 11.9. The third kappa shape index (κ3) is 9.59. The number of amides is 3. The largest absolute Gasteiger partial charge is 0.492 e. The molecule has 10 heteroatoms. The smallest absolute Gasteiger partial charge is 0.242 e. The standard InChI is InChI=1S/C30H40F2N4O4/c1-20(2)36(3)30(39)28(23-8-9-23)33-15-16-40-27-18-25(32)13-10-22(27)5-4-14-34-29(38)26(35-19-37)17-21-6-11-24(31)12-7-21/h6-7,10-13,18-20,23,26,28,33H,4-5,8-9,14-17H2,1-3H3,(H,34,38)(H,35,37)/t26-,28+/m1/s1. The molecule has 3 N–H and O–H groups in total. The van der Waals surface area contributed by atoms with Crippen LogP contribution in [0, 0.1) is 17.6 Å². The van der Waals surface area contributed by atoms with Gasteiger partial charge in [0.25, 0.3) is 0 Å². The second kappa shape index (κ2) is 15.3. The highest BCUT2D eigenvalue weighted by Crippen LogP contribution is 2.33. The number of aryl methyl sites for hydroxylation is 1. The average molecular weight is 559 g/mol. The highest BCUT2D eigenvalue weighted by atomic mass is 19.1. The zero-order valence-electron chi connectivity index (χ0n) is 23.4. The maximum absolute atomic E-state index is 14.0. The molecule has 2 atom stereocenters. The Morgan fingerprint density at radius 2 is 1.77 bits per heavy atom. The van der Waals surface area contributed by atoms with Crippen LogP contribution in [0.2, 0.25) is 0 Å². The second-order valence-electron chi connectivity index (χ2n) is 10.5. The van der Waals surface area contributed by atoms with Gasteiger partial charge < -0.3 is 25.6 Å². The van der Waals surface area contributed by atoms with Crippen LogP contribution in [0.15, 0.2) is 42.5 Å². The van der Waals surface area contributed by atoms with Gasteiger partial charge in [-0.1, -0.05) is 18.2 Å². The summed E-state index contributed by atoms with van der Waals surface area (Å²) in [5, 5.41) is 8.64. The Morgan fingerprint density at radius 1 is 1.07 bits per heavy atom. The molecule has 3 amide bonds. The van der Waals surface area contributed by atoms with Crippen molar-refractivity contribution in [3.63, 3.8) is 0 Å². The minimum atomic E-state index is -0.785. The van der Waals surface area contributed by atoms with E-state index in [1.807, 2.05) is 20.9 Å². The molecule has 0 bridgehead atoms. The van der Waals surface area contributed by atoms with E-state index in [9.17, 15) is 23.2 Å². The molecule has 2 aromatic carbocycles. The Bertz CT molecular complexity index is 1130. The molecule has 1 aliphatic rings. The molecule has 1 aliphatic carbocycles. The lowest BCUT2D eigenvalue weighted by molar-refractivity contribution is -0.134. The monoisotopic (exact) mass is 558 g/mol. The highest BCUT2D eigenvalue weighted by molar-refractivity contribution is 5.84. The molecule has 1 saturated carbocycles. The summed E-state index contributed by atoms with van der Waals surface area (Å²) in [5.41, 5.74) is 1.53. The van der Waals surface area contributed by atoms with Gasteiger partial charge in [-0.3, -0.25) is 14.4 Å². The Hall–Kier alpha value is -3.53. The van der Waals surface area contributed by atoms with Crippen LogP contribution in [-0.2, 0) is 27.2 Å². The minimum absolute atomic E-state index is 0.0780. The SMILES string of the molecule is CC(C)N(C)C(=O)[C@@H](NCCOc1cc(F)ccc1CCCNC(=O)[C@@H](Cc1ccc(F)cc1)NC=O)C1CC1. The molecule has 0 aliphatic heterocycles. The van der Waals surface area contributed by atoms with Crippen LogP contribution in [0.5, 0.6) is 5.75 Å². The minimum Gasteiger partial charge on any atom is -0.492 e. The number of likely N-dealkylation sites (N-methyl/N-ethyl adjacent to an activating group) is 1. The molecule has 218 valence electrons. The molecule has 0 radical (unpaired) electrons. The summed E-state index contributed by atoms with van der Waals surface area (Å²) < 4.78 is 33.0. The number of carbonyl (C=O) groups excluding carboxylic acids is 3. The zero-order valence-corrected chi connectivity index (χ0v) is 23.4. The molecule has 40 heavy (non-hydrogen) atoms. The molecular formula is C30H40F2N4O4. The molecule has 0 saturated heterocycles. The van der Waals surface area contributed by atoms with Gasteiger partial charge in [0.15, 0.2) is 0 Å². The van der Waals surface area contributed by atoms with Crippen molar-refractivity contribution in [2.75, 3.05) is 26.7 Å². The highest BCUT2D eigenvalue weighted by Gasteiger charge is 2.37. The lowest BCUT2D eigenvalue weighted by Crippen LogP contribution is -2.49. The first-order valence-corrected chi connectivity index (χ1v) is 13.8. The summed E-state index contributed by atoms with van der Waals surface area (Å²) in [7, 11) is 1.81.